The number of piperazine rings is 1. The number of hydrogen-bond acceptors (Lipinski definition) is 5. The number of hydrogen-bond donors (Lipinski definition) is 1. The third-order valence-corrected chi connectivity index (χ3v) is 4.83. The minimum atomic E-state index is 0.492. The van der Waals surface area contributed by atoms with Crippen molar-refractivity contribution >= 4 is 40.5 Å². The van der Waals surface area contributed by atoms with Gasteiger partial charge in [-0.15, -0.1) is 0 Å². The van der Waals surface area contributed by atoms with Gasteiger partial charge in [0.15, 0.2) is 0 Å². The van der Waals surface area contributed by atoms with E-state index in [0.717, 1.165) is 44.2 Å². The molecule has 3 rings (SSSR count). The van der Waals surface area contributed by atoms with Gasteiger partial charge in [-0.2, -0.15) is 0 Å². The zero-order valence-electron chi connectivity index (χ0n) is 13.0. The summed E-state index contributed by atoms with van der Waals surface area (Å²) < 4.78 is 0. The summed E-state index contributed by atoms with van der Waals surface area (Å²) in [4.78, 5) is 13.4. The van der Waals surface area contributed by atoms with Crippen LogP contribution in [0.25, 0.3) is 0 Å². The smallest absolute Gasteiger partial charge is 0.135 e. The summed E-state index contributed by atoms with van der Waals surface area (Å²) in [6.07, 6.45) is 1.57. The number of halogens is 2. The molecule has 23 heavy (non-hydrogen) atoms. The molecule has 0 spiro atoms. The molecule has 0 unspecified atom stereocenters. The molecule has 0 aliphatic carbocycles. The predicted molar refractivity (Wildman–Crippen MR) is 96.1 cm³/mol. The summed E-state index contributed by atoms with van der Waals surface area (Å²) in [5.41, 5.74) is 0.736. The average Bonchev–Trinajstić information content (AvgIpc) is 2.59. The molecule has 1 saturated heterocycles. The lowest BCUT2D eigenvalue weighted by Crippen LogP contribution is -2.46. The standard InChI is InChI=1S/C16H19Cl2N5/c1-2-22-6-8-23(9-7-22)15-10-14(19-11-20-15)21-13-5-3-4-12(17)16(13)18/h3-5,10-11H,2,6-9H2,1H3,(H,19,20,21). The molecule has 0 radical (unpaired) electrons. The molecule has 2 heterocycles. The van der Waals surface area contributed by atoms with Crippen LogP contribution in [-0.2, 0) is 0 Å². The van der Waals surface area contributed by atoms with E-state index in [-0.39, 0.29) is 0 Å². The van der Waals surface area contributed by atoms with Crippen LogP contribution in [-0.4, -0.2) is 47.6 Å². The third kappa shape index (κ3) is 3.86. The number of aromatic nitrogens is 2. The Kier molecular flexibility index (Phi) is 5.20. The van der Waals surface area contributed by atoms with Gasteiger partial charge in [-0.05, 0) is 18.7 Å². The molecule has 1 aliphatic heterocycles. The highest BCUT2D eigenvalue weighted by Crippen LogP contribution is 2.31. The van der Waals surface area contributed by atoms with Crippen LogP contribution in [0.5, 0.6) is 0 Å². The van der Waals surface area contributed by atoms with Crippen molar-refractivity contribution in [1.82, 2.24) is 14.9 Å². The number of nitrogens with zero attached hydrogens (tertiary/aromatic N) is 4. The summed E-state index contributed by atoms with van der Waals surface area (Å²) in [5, 5.41) is 4.21. The Bertz CT molecular complexity index is 671. The van der Waals surface area contributed by atoms with Gasteiger partial charge in [0.05, 0.1) is 15.7 Å². The van der Waals surface area contributed by atoms with Gasteiger partial charge in [0, 0.05) is 32.2 Å². The first kappa shape index (κ1) is 16.3. The topological polar surface area (TPSA) is 44.3 Å². The van der Waals surface area contributed by atoms with Crippen LogP contribution in [0.3, 0.4) is 0 Å². The van der Waals surface area contributed by atoms with E-state index in [1.165, 1.54) is 0 Å². The van der Waals surface area contributed by atoms with Crippen molar-refractivity contribution in [3.8, 4) is 0 Å². The second-order valence-electron chi connectivity index (χ2n) is 5.41. The summed E-state index contributed by atoms with van der Waals surface area (Å²) in [6.45, 7) is 7.35. The highest BCUT2D eigenvalue weighted by Gasteiger charge is 2.17. The second kappa shape index (κ2) is 7.34. The van der Waals surface area contributed by atoms with Gasteiger partial charge in [0.2, 0.25) is 0 Å². The van der Waals surface area contributed by atoms with Crippen LogP contribution in [0.2, 0.25) is 10.0 Å². The first-order valence-corrected chi connectivity index (χ1v) is 8.43. The minimum absolute atomic E-state index is 0.492. The third-order valence-electron chi connectivity index (χ3n) is 4.01. The van der Waals surface area contributed by atoms with E-state index in [0.29, 0.717) is 15.9 Å². The van der Waals surface area contributed by atoms with Crippen molar-refractivity contribution in [3.63, 3.8) is 0 Å². The van der Waals surface area contributed by atoms with E-state index < -0.39 is 0 Å². The van der Waals surface area contributed by atoms with Gasteiger partial charge >= 0.3 is 0 Å². The number of likely N-dealkylation sites (N-methyl/N-ethyl adjacent to an activating group) is 1. The Hall–Kier alpha value is -1.56. The molecule has 1 fully saturated rings. The van der Waals surface area contributed by atoms with Crippen LogP contribution in [0.4, 0.5) is 17.3 Å². The zero-order chi connectivity index (χ0) is 16.2. The van der Waals surface area contributed by atoms with E-state index in [9.17, 15) is 0 Å². The maximum Gasteiger partial charge on any atom is 0.135 e. The van der Waals surface area contributed by atoms with Crippen LogP contribution < -0.4 is 10.2 Å². The van der Waals surface area contributed by atoms with Crippen LogP contribution in [0.15, 0.2) is 30.6 Å². The lowest BCUT2D eigenvalue weighted by atomic mass is 10.3. The highest BCUT2D eigenvalue weighted by atomic mass is 35.5. The molecule has 0 atom stereocenters. The molecule has 1 N–H and O–H groups in total. The maximum atomic E-state index is 6.21. The molecule has 122 valence electrons. The van der Waals surface area contributed by atoms with E-state index in [1.54, 1.807) is 12.4 Å². The quantitative estimate of drug-likeness (QED) is 0.910. The van der Waals surface area contributed by atoms with Crippen molar-refractivity contribution < 1.29 is 0 Å². The molecule has 1 aromatic carbocycles. The lowest BCUT2D eigenvalue weighted by molar-refractivity contribution is 0.270. The van der Waals surface area contributed by atoms with Crippen LogP contribution in [0, 0.1) is 0 Å². The molecule has 0 saturated carbocycles. The Balaban J connectivity index is 1.74. The lowest BCUT2D eigenvalue weighted by Gasteiger charge is -2.34. The largest absolute Gasteiger partial charge is 0.354 e. The fourth-order valence-electron chi connectivity index (χ4n) is 2.62. The first-order valence-electron chi connectivity index (χ1n) is 7.67. The van der Waals surface area contributed by atoms with Gasteiger partial charge in [0.25, 0.3) is 0 Å². The van der Waals surface area contributed by atoms with Crippen molar-refractivity contribution in [3.05, 3.63) is 40.6 Å². The SMILES string of the molecule is CCN1CCN(c2cc(Nc3cccc(Cl)c3Cl)ncn2)CC1. The van der Waals surface area contributed by atoms with Gasteiger partial charge in [-0.3, -0.25) is 0 Å². The Labute approximate surface area is 146 Å². The molecular weight excluding hydrogens is 333 g/mol. The number of rotatable bonds is 4. The molecule has 0 bridgehead atoms. The Morgan fingerprint density at radius 1 is 1.13 bits per heavy atom. The van der Waals surface area contributed by atoms with Crippen molar-refractivity contribution in [2.75, 3.05) is 42.9 Å². The van der Waals surface area contributed by atoms with Crippen LogP contribution >= 0.6 is 23.2 Å². The second-order valence-corrected chi connectivity index (χ2v) is 6.19. The van der Waals surface area contributed by atoms with E-state index in [2.05, 4.69) is 32.0 Å². The van der Waals surface area contributed by atoms with Gasteiger partial charge in [-0.1, -0.05) is 36.2 Å². The summed E-state index contributed by atoms with van der Waals surface area (Å²) in [6, 6.07) is 7.42. The summed E-state index contributed by atoms with van der Waals surface area (Å²) in [7, 11) is 0. The minimum Gasteiger partial charge on any atom is -0.354 e. The number of benzene rings is 1. The normalized spacial score (nSPS) is 15.7. The van der Waals surface area contributed by atoms with Crippen molar-refractivity contribution in [2.24, 2.45) is 0 Å². The van der Waals surface area contributed by atoms with Gasteiger partial charge < -0.3 is 15.1 Å². The summed E-state index contributed by atoms with van der Waals surface area (Å²) >= 11 is 12.3. The molecule has 2 aromatic rings. The molecule has 0 amide bonds. The van der Waals surface area contributed by atoms with Gasteiger partial charge in [-0.25, -0.2) is 9.97 Å². The molecule has 1 aromatic heterocycles. The molecule has 1 aliphatic rings. The molecular formula is C16H19Cl2N5. The predicted octanol–water partition coefficient (Wildman–Crippen LogP) is 3.67. The molecule has 5 nitrogen and oxygen atoms in total. The van der Waals surface area contributed by atoms with E-state index in [4.69, 9.17) is 23.2 Å². The Morgan fingerprint density at radius 2 is 1.91 bits per heavy atom. The first-order chi connectivity index (χ1) is 11.2. The fraction of sp³-hybridized carbons (Fsp3) is 0.375. The van der Waals surface area contributed by atoms with Crippen molar-refractivity contribution in [1.29, 1.82) is 0 Å². The van der Waals surface area contributed by atoms with Gasteiger partial charge in [0.1, 0.15) is 18.0 Å². The van der Waals surface area contributed by atoms with E-state index >= 15 is 0 Å². The van der Waals surface area contributed by atoms with E-state index in [1.807, 2.05) is 18.2 Å². The fourth-order valence-corrected chi connectivity index (χ4v) is 2.97. The number of nitrogens with one attached hydrogen (secondary N) is 1. The number of anilines is 3. The summed E-state index contributed by atoms with van der Waals surface area (Å²) in [5.74, 6) is 1.63. The zero-order valence-corrected chi connectivity index (χ0v) is 14.5. The highest BCUT2D eigenvalue weighted by molar-refractivity contribution is 6.43. The molecule has 7 heteroatoms. The van der Waals surface area contributed by atoms with Crippen LogP contribution in [0.1, 0.15) is 6.92 Å². The average molecular weight is 352 g/mol. The Morgan fingerprint density at radius 3 is 2.65 bits per heavy atom. The maximum absolute atomic E-state index is 6.21. The van der Waals surface area contributed by atoms with Crippen molar-refractivity contribution in [2.45, 2.75) is 6.92 Å². The monoisotopic (exact) mass is 351 g/mol.